The van der Waals surface area contributed by atoms with Gasteiger partial charge in [0.2, 0.25) is 23.6 Å². The normalized spacial score (nSPS) is 14.5. The summed E-state index contributed by atoms with van der Waals surface area (Å²) >= 11 is 1.42. The Morgan fingerprint density at radius 1 is 0.290 bits per heavy atom. The van der Waals surface area contributed by atoms with Crippen molar-refractivity contribution < 1.29 is 99.0 Å². The maximum atomic E-state index is 14.1. The number of rotatable bonds is 5. The lowest BCUT2D eigenvalue weighted by atomic mass is 9.96. The van der Waals surface area contributed by atoms with Crippen LogP contribution >= 0.6 is 11.8 Å². The molecule has 15 rings (SSSR count). The maximum absolute atomic E-state index is 14.1. The van der Waals surface area contributed by atoms with Crippen LogP contribution in [0.3, 0.4) is 0 Å². The summed E-state index contributed by atoms with van der Waals surface area (Å²) in [6.45, 7) is -0.0660. The molecule has 10 aromatic carbocycles. The first kappa shape index (κ1) is 76.7. The number of halogens is 16. The van der Waals surface area contributed by atoms with E-state index in [1.807, 2.05) is 30.3 Å². The van der Waals surface area contributed by atoms with Gasteiger partial charge in [0.25, 0.3) is 5.91 Å². The monoisotopic (exact) mass is 1510 g/mol. The number of carbonyl (C=O) groups is 5. The molecule has 28 heteroatoms. The summed E-state index contributed by atoms with van der Waals surface area (Å²) in [5, 5.41) is 13.5. The van der Waals surface area contributed by atoms with E-state index in [0.717, 1.165) is 140 Å². The third kappa shape index (κ3) is 19.8. The number of alkyl halides is 15. The van der Waals surface area contributed by atoms with E-state index in [1.54, 1.807) is 48.5 Å². The van der Waals surface area contributed by atoms with Crippen LogP contribution in [0.15, 0.2) is 211 Å². The van der Waals surface area contributed by atoms with E-state index in [0.29, 0.717) is 70.7 Å². The van der Waals surface area contributed by atoms with Crippen molar-refractivity contribution in [2.75, 3.05) is 38.9 Å². The van der Waals surface area contributed by atoms with E-state index in [1.165, 1.54) is 78.5 Å². The minimum atomic E-state index is -4.40. The highest BCUT2D eigenvalue weighted by Crippen LogP contribution is 2.41. The van der Waals surface area contributed by atoms with Crippen LogP contribution in [0.2, 0.25) is 0 Å². The predicted molar refractivity (Wildman–Crippen MR) is 373 cm³/mol. The number of amides is 5. The van der Waals surface area contributed by atoms with E-state index in [-0.39, 0.29) is 48.3 Å². The predicted octanol–water partition coefficient (Wildman–Crippen LogP) is 21.4. The summed E-state index contributed by atoms with van der Waals surface area (Å²) < 4.78 is 208. The first-order valence-electron chi connectivity index (χ1n) is 32.6. The van der Waals surface area contributed by atoms with Gasteiger partial charge >= 0.3 is 30.9 Å². The SMILES string of the molecule is O=C1CCCc2cc(-c3ccc(C(F)(F)F)cc3)ccc2N1.O=C1CCc2cc(-c3ccc(C(F)(F)F)cc3)cc(F)c2N1.O=C1CCc2cc(-c3ccc(C(F)(F)F)cc3)ccc2N1.O=C1COc2cc(-c3ccc(C(F)(F)F)cc3)ccc2N1.O=C1CSc2cc(-c3ccc(C(F)(F)F)cc3)ccc2N1. The van der Waals surface area contributed by atoms with Crippen molar-refractivity contribution in [3.63, 3.8) is 0 Å². The van der Waals surface area contributed by atoms with Gasteiger partial charge in [-0.05, 0) is 219 Å². The Bertz CT molecular complexity index is 4670. The minimum absolute atomic E-state index is 0.000954. The Labute approximate surface area is 603 Å². The third-order valence-corrected chi connectivity index (χ3v) is 18.3. The summed E-state index contributed by atoms with van der Waals surface area (Å²) in [6, 6.07) is 49.2. The zero-order valence-corrected chi connectivity index (χ0v) is 56.2. The fourth-order valence-corrected chi connectivity index (χ4v) is 12.5. The largest absolute Gasteiger partial charge is 0.482 e. The first-order chi connectivity index (χ1) is 50.6. The molecular formula is C79H57F16N5O6S. The van der Waals surface area contributed by atoms with Crippen molar-refractivity contribution in [3.05, 3.63) is 257 Å². The van der Waals surface area contributed by atoms with Gasteiger partial charge in [-0.1, -0.05) is 84.9 Å². The molecule has 5 heterocycles. The summed E-state index contributed by atoms with van der Waals surface area (Å²) in [6.07, 6.45) is -17.9. The van der Waals surface area contributed by atoms with Crippen molar-refractivity contribution in [3.8, 4) is 61.4 Å². The summed E-state index contributed by atoms with van der Waals surface area (Å²) in [5.74, 6) is -0.254. The average molecular weight is 1510 g/mol. The van der Waals surface area contributed by atoms with E-state index < -0.39 is 64.5 Å². The van der Waals surface area contributed by atoms with Gasteiger partial charge in [0.15, 0.2) is 6.61 Å². The van der Waals surface area contributed by atoms with Crippen LogP contribution in [0.5, 0.6) is 5.75 Å². The van der Waals surface area contributed by atoms with Crippen molar-refractivity contribution in [2.24, 2.45) is 0 Å². The Kier molecular flexibility index (Phi) is 22.7. The Morgan fingerprint density at radius 3 is 1.06 bits per heavy atom. The van der Waals surface area contributed by atoms with Gasteiger partial charge in [0.1, 0.15) is 11.6 Å². The van der Waals surface area contributed by atoms with E-state index in [2.05, 4.69) is 26.6 Å². The number of hydrogen-bond acceptors (Lipinski definition) is 7. The number of thioether (sulfide) groups is 1. The fraction of sp³-hybridized carbons (Fsp3) is 0.177. The topological polar surface area (TPSA) is 155 Å². The number of fused-ring (bicyclic) bond motifs is 5. The zero-order valence-electron chi connectivity index (χ0n) is 55.4. The molecule has 0 spiro atoms. The van der Waals surface area contributed by atoms with E-state index >= 15 is 0 Å². The number of ether oxygens (including phenoxy) is 1. The molecule has 5 N–H and O–H groups in total. The second-order valence-electron chi connectivity index (χ2n) is 24.7. The van der Waals surface area contributed by atoms with Gasteiger partial charge in [-0.2, -0.15) is 65.9 Å². The molecule has 107 heavy (non-hydrogen) atoms. The molecule has 5 amide bonds. The lowest BCUT2D eigenvalue weighted by Crippen LogP contribution is -2.25. The van der Waals surface area contributed by atoms with Crippen LogP contribution in [0.25, 0.3) is 55.6 Å². The molecule has 11 nitrogen and oxygen atoms in total. The fourth-order valence-electron chi connectivity index (χ4n) is 11.7. The number of benzene rings is 10. The second-order valence-corrected chi connectivity index (χ2v) is 25.7. The molecular weight excluding hydrogens is 1450 g/mol. The number of anilines is 5. The van der Waals surface area contributed by atoms with Crippen molar-refractivity contribution in [2.45, 2.75) is 80.7 Å². The van der Waals surface area contributed by atoms with Gasteiger partial charge in [0, 0.05) is 35.5 Å². The molecule has 552 valence electrons. The van der Waals surface area contributed by atoms with Crippen LogP contribution in [0, 0.1) is 5.82 Å². The highest BCUT2D eigenvalue weighted by molar-refractivity contribution is 8.00. The van der Waals surface area contributed by atoms with Crippen LogP contribution in [0.4, 0.5) is 98.7 Å². The van der Waals surface area contributed by atoms with Gasteiger partial charge < -0.3 is 31.3 Å². The molecule has 0 radical (unpaired) electrons. The number of carbonyl (C=O) groups excluding carboxylic acids is 5. The highest BCUT2D eigenvalue weighted by Gasteiger charge is 2.34. The average Bonchev–Trinajstić information content (AvgIpc) is 1.56. The number of aryl methyl sites for hydroxylation is 3. The molecule has 0 aromatic heterocycles. The van der Waals surface area contributed by atoms with E-state index in [9.17, 15) is 94.2 Å². The molecule has 10 aromatic rings. The van der Waals surface area contributed by atoms with E-state index in [4.69, 9.17) is 4.74 Å². The smallest absolute Gasteiger partial charge is 0.416 e. The molecule has 0 bridgehead atoms. The number of nitrogens with one attached hydrogen (secondary N) is 5. The molecule has 0 saturated heterocycles. The second kappa shape index (κ2) is 31.7. The lowest BCUT2D eigenvalue weighted by molar-refractivity contribution is -0.138. The van der Waals surface area contributed by atoms with Crippen molar-refractivity contribution >= 4 is 69.7 Å². The standard InChI is InChI=1S/C17H14F3NO.C16H11F4NO.C16H12F3NO.C15H10F3NO2.C15H10F3NOS/c18-17(19,20)14-7-4-11(5-8-14)12-6-9-15-13(10-12)2-1-3-16(22)21-15;17-13-8-11(7-10-3-6-14(22)21-15(10)13)9-1-4-12(5-2-9)16(18,19)20;17-16(18,19)13-5-1-10(2-6-13)11-3-7-14-12(9-11)4-8-15(21)20-14;2*16-15(17,18)11-4-1-9(2-5-11)10-3-6-12-13(7-10)21-8-14(20)19-12/h4-10H,1-3H2,(H,21,22);1-2,4-5,7-8H,3,6H2,(H,21,22);1-3,5-7,9H,4,8H2,(H,20,21);2*1-7H,8H2,(H,19,20). The Morgan fingerprint density at radius 2 is 0.617 bits per heavy atom. The maximum Gasteiger partial charge on any atom is 0.416 e. The summed E-state index contributed by atoms with van der Waals surface area (Å²) in [5.41, 5.74) is 9.32. The molecule has 5 aliphatic heterocycles. The zero-order chi connectivity index (χ0) is 76.8. The molecule has 0 atom stereocenters. The van der Waals surface area contributed by atoms with Crippen LogP contribution < -0.4 is 31.3 Å². The van der Waals surface area contributed by atoms with Crippen LogP contribution in [0.1, 0.15) is 70.2 Å². The molecule has 0 saturated carbocycles. The first-order valence-corrected chi connectivity index (χ1v) is 33.6. The molecule has 0 unspecified atom stereocenters. The van der Waals surface area contributed by atoms with Crippen LogP contribution in [-0.4, -0.2) is 41.9 Å². The lowest BCUT2D eigenvalue weighted by Gasteiger charge is -2.18. The minimum Gasteiger partial charge on any atom is -0.482 e. The quantitative estimate of drug-likeness (QED) is 0.108. The van der Waals surface area contributed by atoms with Crippen molar-refractivity contribution in [1.29, 1.82) is 0 Å². The third-order valence-electron chi connectivity index (χ3n) is 17.2. The molecule has 0 aliphatic carbocycles. The summed E-state index contributed by atoms with van der Waals surface area (Å²) in [4.78, 5) is 57.5. The number of hydrogen-bond donors (Lipinski definition) is 5. The Balaban J connectivity index is 0.000000133. The van der Waals surface area contributed by atoms with Crippen LogP contribution in [-0.2, 0) is 74.1 Å². The van der Waals surface area contributed by atoms with Gasteiger partial charge in [-0.15, -0.1) is 11.8 Å². The molecule has 5 aliphatic rings. The molecule has 0 fully saturated rings. The highest BCUT2D eigenvalue weighted by atomic mass is 32.2. The van der Waals surface area contributed by atoms with Gasteiger partial charge in [-0.25, -0.2) is 4.39 Å². The van der Waals surface area contributed by atoms with Gasteiger partial charge in [0.05, 0.1) is 50.6 Å². The summed E-state index contributed by atoms with van der Waals surface area (Å²) in [7, 11) is 0. The Hall–Kier alpha value is -11.4. The van der Waals surface area contributed by atoms with Crippen molar-refractivity contribution in [1.82, 2.24) is 0 Å². The van der Waals surface area contributed by atoms with Gasteiger partial charge in [-0.3, -0.25) is 24.0 Å².